The zero-order valence-electron chi connectivity index (χ0n) is 20.1. The van der Waals surface area contributed by atoms with Gasteiger partial charge in [0, 0.05) is 32.1 Å². The second-order valence-electron chi connectivity index (χ2n) is 8.84. The summed E-state index contributed by atoms with van der Waals surface area (Å²) in [7, 11) is 1.99. The maximum atomic E-state index is 14.3. The van der Waals surface area contributed by atoms with Gasteiger partial charge < -0.3 is 14.7 Å². The number of carbonyl (C=O) groups is 2. The van der Waals surface area contributed by atoms with Crippen LogP contribution in [0.3, 0.4) is 0 Å². The van der Waals surface area contributed by atoms with Crippen molar-refractivity contribution in [3.63, 3.8) is 0 Å². The fourth-order valence-corrected chi connectivity index (χ4v) is 4.36. The molecule has 0 saturated heterocycles. The van der Waals surface area contributed by atoms with Gasteiger partial charge in [0.25, 0.3) is 0 Å². The Morgan fingerprint density at radius 2 is 1.54 bits per heavy atom. The van der Waals surface area contributed by atoms with E-state index in [1.54, 1.807) is 11.8 Å². The Morgan fingerprint density at radius 1 is 0.914 bits per heavy atom. The molecule has 0 saturated carbocycles. The summed E-state index contributed by atoms with van der Waals surface area (Å²) in [5.41, 5.74) is 2.07. The molecule has 0 atom stereocenters. The Kier molecular flexibility index (Phi) is 7.70. The third-order valence-corrected chi connectivity index (χ3v) is 6.22. The lowest BCUT2D eigenvalue weighted by Gasteiger charge is -2.30. The molecule has 0 radical (unpaired) electrons. The van der Waals surface area contributed by atoms with Crippen LogP contribution in [0.2, 0.25) is 0 Å². The van der Waals surface area contributed by atoms with Crippen molar-refractivity contribution >= 4 is 28.5 Å². The summed E-state index contributed by atoms with van der Waals surface area (Å²) in [6.45, 7) is 4.01. The van der Waals surface area contributed by atoms with Gasteiger partial charge in [-0.2, -0.15) is 15.0 Å². The largest absolute Gasteiger partial charge is 0.337 e. The van der Waals surface area contributed by atoms with Crippen LogP contribution in [0.1, 0.15) is 31.7 Å². The van der Waals surface area contributed by atoms with E-state index in [0.717, 1.165) is 25.2 Å². The molecule has 2 heterocycles. The van der Waals surface area contributed by atoms with Crippen LogP contribution in [0.5, 0.6) is 0 Å². The molecule has 35 heavy (non-hydrogen) atoms. The average Bonchev–Trinajstić information content (AvgIpc) is 3.24. The van der Waals surface area contributed by atoms with E-state index in [9.17, 15) is 18.4 Å². The minimum atomic E-state index is -1.02. The van der Waals surface area contributed by atoms with Crippen molar-refractivity contribution in [1.82, 2.24) is 24.8 Å². The van der Waals surface area contributed by atoms with Crippen LogP contribution >= 0.6 is 0 Å². The number of hydrogen-bond acceptors (Lipinski definition) is 5. The van der Waals surface area contributed by atoms with Crippen LogP contribution in [0.4, 0.5) is 14.5 Å². The molecule has 10 heteroatoms. The number of carbonyl (C=O) groups excluding carboxylic acids is 2. The molecule has 0 N–H and O–H groups in total. The highest BCUT2D eigenvalue weighted by Crippen LogP contribution is 2.27. The molecule has 1 aliphatic rings. The quantitative estimate of drug-likeness (QED) is 0.571. The molecule has 3 aromatic rings. The molecule has 186 valence electrons. The van der Waals surface area contributed by atoms with Gasteiger partial charge in [-0.3, -0.25) is 9.59 Å². The van der Waals surface area contributed by atoms with E-state index in [4.69, 9.17) is 0 Å². The summed E-state index contributed by atoms with van der Waals surface area (Å²) in [5, 5.41) is 8.73. The summed E-state index contributed by atoms with van der Waals surface area (Å²) in [4.78, 5) is 32.7. The number of amides is 2. The minimum Gasteiger partial charge on any atom is -0.337 e. The summed E-state index contributed by atoms with van der Waals surface area (Å²) >= 11 is 0. The third kappa shape index (κ3) is 5.82. The number of benzene rings is 2. The number of anilines is 1. The number of nitrogens with zero attached hydrogens (tertiary/aromatic N) is 6. The average molecular weight is 485 g/mol. The molecular weight excluding hydrogens is 454 g/mol. The van der Waals surface area contributed by atoms with Crippen LogP contribution in [0, 0.1) is 11.6 Å². The Balaban J connectivity index is 1.67. The van der Waals surface area contributed by atoms with Gasteiger partial charge in [-0.05, 0) is 56.7 Å². The van der Waals surface area contributed by atoms with Crippen molar-refractivity contribution in [1.29, 1.82) is 0 Å². The smallest absolute Gasteiger partial charge is 0.246 e. The van der Waals surface area contributed by atoms with E-state index >= 15 is 0 Å². The summed E-state index contributed by atoms with van der Waals surface area (Å²) < 4.78 is 28.6. The van der Waals surface area contributed by atoms with E-state index in [0.29, 0.717) is 48.2 Å². The molecule has 2 aromatic carbocycles. The molecular formula is C25H30F2N6O2. The zero-order chi connectivity index (χ0) is 24.9. The highest BCUT2D eigenvalue weighted by molar-refractivity contribution is 5.94. The Morgan fingerprint density at radius 3 is 2.20 bits per heavy atom. The topological polar surface area (TPSA) is 74.6 Å². The molecule has 0 bridgehead atoms. The molecule has 1 aromatic heterocycles. The van der Waals surface area contributed by atoms with E-state index in [2.05, 4.69) is 15.1 Å². The number of fused-ring (bicyclic) bond motifs is 2. The maximum absolute atomic E-state index is 14.3. The van der Waals surface area contributed by atoms with E-state index in [1.807, 2.05) is 31.3 Å². The Bertz CT molecular complexity index is 1180. The normalized spacial score (nSPS) is 16.0. The maximum Gasteiger partial charge on any atom is 0.246 e. The van der Waals surface area contributed by atoms with Gasteiger partial charge in [0.05, 0.1) is 5.69 Å². The first-order valence-corrected chi connectivity index (χ1v) is 11.9. The van der Waals surface area contributed by atoms with Crippen molar-refractivity contribution in [2.75, 3.05) is 38.1 Å². The second-order valence-corrected chi connectivity index (χ2v) is 8.84. The molecule has 1 aliphatic heterocycles. The molecule has 8 nitrogen and oxygen atoms in total. The van der Waals surface area contributed by atoms with Gasteiger partial charge in [0.1, 0.15) is 17.6 Å². The molecule has 0 spiro atoms. The van der Waals surface area contributed by atoms with Crippen LogP contribution in [0.25, 0.3) is 11.0 Å². The van der Waals surface area contributed by atoms with E-state index in [-0.39, 0.29) is 31.3 Å². The van der Waals surface area contributed by atoms with Crippen LogP contribution in [-0.2, 0) is 22.7 Å². The lowest BCUT2D eigenvalue weighted by molar-refractivity contribution is -0.133. The van der Waals surface area contributed by atoms with Gasteiger partial charge in [0.2, 0.25) is 11.8 Å². The Labute approximate surface area is 203 Å². The van der Waals surface area contributed by atoms with Crippen LogP contribution in [-0.4, -0.2) is 69.8 Å². The van der Waals surface area contributed by atoms with Gasteiger partial charge in [-0.25, -0.2) is 8.78 Å². The predicted molar refractivity (Wildman–Crippen MR) is 129 cm³/mol. The predicted octanol–water partition coefficient (Wildman–Crippen LogP) is 3.21. The monoisotopic (exact) mass is 484 g/mol. The molecule has 0 unspecified atom stereocenters. The number of aromatic nitrogens is 3. The first-order valence-electron chi connectivity index (χ1n) is 11.9. The van der Waals surface area contributed by atoms with Crippen LogP contribution < -0.4 is 4.90 Å². The van der Waals surface area contributed by atoms with Crippen molar-refractivity contribution in [3.05, 3.63) is 53.6 Å². The minimum absolute atomic E-state index is 0.0450. The fourth-order valence-electron chi connectivity index (χ4n) is 4.36. The molecule has 0 fully saturated rings. The third-order valence-electron chi connectivity index (χ3n) is 6.22. The van der Waals surface area contributed by atoms with Gasteiger partial charge in [0.15, 0.2) is 11.6 Å². The Hall–Kier alpha value is -3.40. The first-order chi connectivity index (χ1) is 16.9. The molecule has 2 amide bonds. The van der Waals surface area contributed by atoms with E-state index < -0.39 is 11.6 Å². The summed E-state index contributed by atoms with van der Waals surface area (Å²) in [6, 6.07) is 9.51. The zero-order valence-corrected chi connectivity index (χ0v) is 20.1. The highest BCUT2D eigenvalue weighted by atomic mass is 19.2. The molecule has 4 rings (SSSR count). The lowest BCUT2D eigenvalue weighted by Crippen LogP contribution is -2.39. The van der Waals surface area contributed by atoms with Gasteiger partial charge in [-0.1, -0.05) is 19.1 Å². The SMILES string of the molecule is CCC(=O)N1CCCN(C)CCCN(C(=O)Cn2nc3ccccc3n2)Cc2cc(F)c(F)cc21. The number of halogens is 2. The van der Waals surface area contributed by atoms with Crippen molar-refractivity contribution < 1.29 is 18.4 Å². The van der Waals surface area contributed by atoms with Crippen molar-refractivity contribution in [2.24, 2.45) is 0 Å². The summed E-state index contributed by atoms with van der Waals surface area (Å²) in [5.74, 6) is -2.45. The van der Waals surface area contributed by atoms with Gasteiger partial charge >= 0.3 is 0 Å². The lowest BCUT2D eigenvalue weighted by atomic mass is 10.1. The number of hydrogen-bond donors (Lipinski definition) is 0. The highest BCUT2D eigenvalue weighted by Gasteiger charge is 2.24. The van der Waals surface area contributed by atoms with Crippen molar-refractivity contribution in [2.45, 2.75) is 39.3 Å². The summed E-state index contributed by atoms with van der Waals surface area (Å²) in [6.07, 6.45) is 1.64. The number of rotatable bonds is 3. The fraction of sp³-hybridized carbons (Fsp3) is 0.440. The van der Waals surface area contributed by atoms with Crippen molar-refractivity contribution in [3.8, 4) is 0 Å². The second kappa shape index (κ2) is 10.9. The first kappa shape index (κ1) is 24.7. The molecule has 0 aliphatic carbocycles. The van der Waals surface area contributed by atoms with Crippen LogP contribution in [0.15, 0.2) is 36.4 Å². The van der Waals surface area contributed by atoms with Gasteiger partial charge in [-0.15, -0.1) is 0 Å². The standard InChI is InChI=1S/C25H30F2N6O2/c1-3-24(34)32-13-7-11-30(2)10-6-12-31(16-18-14-19(26)20(27)15-23(18)32)25(35)17-33-28-21-8-4-5-9-22(21)29-33/h4-5,8-9,14-15H,3,6-7,10-13,16-17H2,1-2H3. The van der Waals surface area contributed by atoms with E-state index in [1.165, 1.54) is 9.70 Å².